The summed E-state index contributed by atoms with van der Waals surface area (Å²) >= 11 is 0. The number of phenolic OH excluding ortho intramolecular Hbond substituents is 1. The molecule has 2 unspecified atom stereocenters. The third-order valence-electron chi connectivity index (χ3n) is 2.35. The van der Waals surface area contributed by atoms with Gasteiger partial charge < -0.3 is 21.3 Å². The number of hydrogen-bond donors (Lipinski definition) is 4. The number of nitrogens with one attached hydrogen (secondary N) is 1. The van der Waals surface area contributed by atoms with Crippen molar-refractivity contribution in [1.29, 1.82) is 0 Å². The maximum atomic E-state index is 11.8. The van der Waals surface area contributed by atoms with Gasteiger partial charge in [0.2, 0.25) is 0 Å². The fraction of sp³-hybridized carbons (Fsp3) is 0.417. The minimum Gasteiger partial charge on any atom is -0.508 e. The van der Waals surface area contributed by atoms with Gasteiger partial charge in [0.25, 0.3) is 5.91 Å². The van der Waals surface area contributed by atoms with Crippen molar-refractivity contribution in [3.8, 4) is 5.75 Å². The van der Waals surface area contributed by atoms with E-state index in [1.165, 1.54) is 18.2 Å². The number of phenols is 1. The minimum atomic E-state index is -0.480. The number of aliphatic hydroxyl groups is 1. The van der Waals surface area contributed by atoms with Gasteiger partial charge in [-0.3, -0.25) is 4.79 Å². The highest BCUT2D eigenvalue weighted by atomic mass is 16.3. The van der Waals surface area contributed by atoms with E-state index in [0.717, 1.165) is 0 Å². The maximum Gasteiger partial charge on any atom is 0.253 e. The SMILES string of the molecule is CC(O)CC(C)NC(=O)c1cc(O)ccc1N. The van der Waals surface area contributed by atoms with Crippen LogP contribution in [0.15, 0.2) is 18.2 Å². The lowest BCUT2D eigenvalue weighted by atomic mass is 10.1. The monoisotopic (exact) mass is 238 g/mol. The minimum absolute atomic E-state index is 0.00692. The number of aliphatic hydroxyl groups excluding tert-OH is 1. The Hall–Kier alpha value is -1.75. The zero-order valence-corrected chi connectivity index (χ0v) is 9.97. The molecule has 5 nitrogen and oxygen atoms in total. The Morgan fingerprint density at radius 2 is 2.12 bits per heavy atom. The van der Waals surface area contributed by atoms with E-state index in [0.29, 0.717) is 12.1 Å². The molecular weight excluding hydrogens is 220 g/mol. The number of amides is 1. The van der Waals surface area contributed by atoms with Crippen LogP contribution >= 0.6 is 0 Å². The number of anilines is 1. The van der Waals surface area contributed by atoms with E-state index in [4.69, 9.17) is 5.73 Å². The van der Waals surface area contributed by atoms with Crippen molar-refractivity contribution < 1.29 is 15.0 Å². The van der Waals surface area contributed by atoms with Crippen LogP contribution in [0, 0.1) is 0 Å². The lowest BCUT2D eigenvalue weighted by molar-refractivity contribution is 0.0923. The van der Waals surface area contributed by atoms with Crippen molar-refractivity contribution in [2.24, 2.45) is 0 Å². The number of nitrogen functional groups attached to an aromatic ring is 1. The Morgan fingerprint density at radius 3 is 2.71 bits per heavy atom. The average Bonchev–Trinajstić information content (AvgIpc) is 2.20. The van der Waals surface area contributed by atoms with E-state index in [2.05, 4.69) is 5.32 Å². The van der Waals surface area contributed by atoms with Gasteiger partial charge in [-0.25, -0.2) is 0 Å². The summed E-state index contributed by atoms with van der Waals surface area (Å²) in [5.74, 6) is -0.362. The normalized spacial score (nSPS) is 14.1. The number of aromatic hydroxyl groups is 1. The first-order chi connectivity index (χ1) is 7.90. The third kappa shape index (κ3) is 3.96. The van der Waals surface area contributed by atoms with Gasteiger partial charge in [0.05, 0.1) is 11.7 Å². The Balaban J connectivity index is 2.73. The van der Waals surface area contributed by atoms with Gasteiger partial charge >= 0.3 is 0 Å². The van der Waals surface area contributed by atoms with E-state index < -0.39 is 6.10 Å². The molecule has 5 heteroatoms. The van der Waals surface area contributed by atoms with E-state index in [-0.39, 0.29) is 23.3 Å². The van der Waals surface area contributed by atoms with Crippen LogP contribution < -0.4 is 11.1 Å². The summed E-state index contributed by atoms with van der Waals surface area (Å²) in [5, 5.41) is 21.2. The van der Waals surface area contributed by atoms with Gasteiger partial charge in [-0.1, -0.05) is 0 Å². The number of carbonyl (C=O) groups excluding carboxylic acids is 1. The second-order valence-corrected chi connectivity index (χ2v) is 4.23. The van der Waals surface area contributed by atoms with Gasteiger partial charge in [0, 0.05) is 11.7 Å². The van der Waals surface area contributed by atoms with Crippen LogP contribution in [0.25, 0.3) is 0 Å². The van der Waals surface area contributed by atoms with Gasteiger partial charge in [0.1, 0.15) is 5.75 Å². The first kappa shape index (κ1) is 13.3. The first-order valence-electron chi connectivity index (χ1n) is 5.47. The van der Waals surface area contributed by atoms with Crippen molar-refractivity contribution in [3.05, 3.63) is 23.8 Å². The van der Waals surface area contributed by atoms with E-state index in [9.17, 15) is 15.0 Å². The van der Waals surface area contributed by atoms with Gasteiger partial charge in [-0.15, -0.1) is 0 Å². The zero-order chi connectivity index (χ0) is 13.0. The van der Waals surface area contributed by atoms with Crippen LogP contribution in [0.4, 0.5) is 5.69 Å². The van der Waals surface area contributed by atoms with Crippen LogP contribution in [0.3, 0.4) is 0 Å². The van der Waals surface area contributed by atoms with Crippen molar-refractivity contribution in [2.45, 2.75) is 32.4 Å². The highest BCUT2D eigenvalue weighted by Crippen LogP contribution is 2.18. The van der Waals surface area contributed by atoms with Crippen LogP contribution in [-0.2, 0) is 0 Å². The summed E-state index contributed by atoms with van der Waals surface area (Å²) in [6.07, 6.45) is -0.0170. The predicted octanol–water partition coefficient (Wildman–Crippen LogP) is 0.864. The summed E-state index contributed by atoms with van der Waals surface area (Å²) in [4.78, 5) is 11.8. The Labute approximate surface area is 100 Å². The topological polar surface area (TPSA) is 95.6 Å². The van der Waals surface area contributed by atoms with Crippen molar-refractivity contribution in [3.63, 3.8) is 0 Å². The molecule has 0 aliphatic carbocycles. The largest absolute Gasteiger partial charge is 0.508 e. The van der Waals surface area contributed by atoms with Crippen molar-refractivity contribution in [1.82, 2.24) is 5.32 Å². The molecule has 0 heterocycles. The lowest BCUT2D eigenvalue weighted by Crippen LogP contribution is -2.35. The maximum absolute atomic E-state index is 11.8. The fourth-order valence-electron chi connectivity index (χ4n) is 1.61. The van der Waals surface area contributed by atoms with E-state index in [1.807, 2.05) is 0 Å². The molecule has 0 aliphatic heterocycles. The Morgan fingerprint density at radius 1 is 1.47 bits per heavy atom. The van der Waals surface area contributed by atoms with Crippen LogP contribution in [0.5, 0.6) is 5.75 Å². The molecule has 0 aromatic heterocycles. The summed E-state index contributed by atoms with van der Waals surface area (Å²) in [6.45, 7) is 3.45. The van der Waals surface area contributed by atoms with Gasteiger partial charge in [0.15, 0.2) is 0 Å². The molecule has 0 bridgehead atoms. The smallest absolute Gasteiger partial charge is 0.253 e. The molecular formula is C12H18N2O3. The van der Waals surface area contributed by atoms with Crippen LogP contribution in [-0.4, -0.2) is 28.3 Å². The molecule has 0 aliphatic rings. The fourth-order valence-corrected chi connectivity index (χ4v) is 1.61. The molecule has 0 saturated heterocycles. The second kappa shape index (κ2) is 5.54. The number of rotatable bonds is 4. The van der Waals surface area contributed by atoms with Gasteiger partial charge in [-0.05, 0) is 38.5 Å². The summed E-state index contributed by atoms with van der Waals surface area (Å²) in [6, 6.07) is 4.05. The lowest BCUT2D eigenvalue weighted by Gasteiger charge is -2.16. The van der Waals surface area contributed by atoms with Crippen LogP contribution in [0.2, 0.25) is 0 Å². The van der Waals surface area contributed by atoms with E-state index >= 15 is 0 Å². The molecule has 0 fully saturated rings. The van der Waals surface area contributed by atoms with Crippen LogP contribution in [0.1, 0.15) is 30.6 Å². The standard InChI is InChI=1S/C12H18N2O3/c1-7(5-8(2)15)14-12(17)10-6-9(16)3-4-11(10)13/h3-4,6-8,15-16H,5,13H2,1-2H3,(H,14,17). The molecule has 2 atom stereocenters. The molecule has 17 heavy (non-hydrogen) atoms. The quantitative estimate of drug-likeness (QED) is 0.462. The number of nitrogens with two attached hydrogens (primary N) is 1. The summed E-state index contributed by atoms with van der Waals surface area (Å²) < 4.78 is 0. The van der Waals surface area contributed by atoms with E-state index in [1.54, 1.807) is 13.8 Å². The average molecular weight is 238 g/mol. The second-order valence-electron chi connectivity index (χ2n) is 4.23. The van der Waals surface area contributed by atoms with Crippen molar-refractivity contribution >= 4 is 11.6 Å². The highest BCUT2D eigenvalue weighted by Gasteiger charge is 2.14. The molecule has 94 valence electrons. The molecule has 1 aromatic rings. The zero-order valence-electron chi connectivity index (χ0n) is 9.97. The van der Waals surface area contributed by atoms with Gasteiger partial charge in [-0.2, -0.15) is 0 Å². The molecule has 0 radical (unpaired) electrons. The first-order valence-corrected chi connectivity index (χ1v) is 5.47. The Bertz CT molecular complexity index is 405. The predicted molar refractivity (Wildman–Crippen MR) is 65.7 cm³/mol. The number of benzene rings is 1. The molecule has 1 rings (SSSR count). The molecule has 1 amide bonds. The Kier molecular flexibility index (Phi) is 4.34. The number of carbonyl (C=O) groups is 1. The van der Waals surface area contributed by atoms with Crippen molar-refractivity contribution in [2.75, 3.05) is 5.73 Å². The summed E-state index contributed by atoms with van der Waals surface area (Å²) in [5.41, 5.74) is 6.19. The molecule has 5 N–H and O–H groups in total. The molecule has 0 saturated carbocycles. The molecule has 1 aromatic carbocycles. The third-order valence-corrected chi connectivity index (χ3v) is 2.35. The number of hydrogen-bond acceptors (Lipinski definition) is 4. The molecule has 0 spiro atoms. The highest BCUT2D eigenvalue weighted by molar-refractivity contribution is 5.99. The summed E-state index contributed by atoms with van der Waals surface area (Å²) in [7, 11) is 0.